The SMILES string of the molecule is C[C@H]1CCCCN1c1c(NC(Cc2ccc(Nc3c(-c4ccc(F)cc4)ncc4ccccc34)cc2)C(=O)O)c(=O)c1=O. The van der Waals surface area contributed by atoms with Crippen molar-refractivity contribution in [3.05, 3.63) is 111 Å². The third-order valence-corrected chi connectivity index (χ3v) is 8.17. The summed E-state index contributed by atoms with van der Waals surface area (Å²) >= 11 is 0. The van der Waals surface area contributed by atoms with E-state index < -0.39 is 22.9 Å². The van der Waals surface area contributed by atoms with E-state index in [1.54, 1.807) is 18.3 Å². The van der Waals surface area contributed by atoms with Crippen LogP contribution < -0.4 is 26.4 Å². The Balaban J connectivity index is 1.23. The second-order valence-electron chi connectivity index (χ2n) is 11.1. The van der Waals surface area contributed by atoms with Crippen LogP contribution in [0.15, 0.2) is 88.6 Å². The summed E-state index contributed by atoms with van der Waals surface area (Å²) in [4.78, 5) is 43.7. The number of aliphatic carboxylic acids is 1. The van der Waals surface area contributed by atoms with Gasteiger partial charge in [0, 0.05) is 47.2 Å². The molecule has 9 heteroatoms. The second-order valence-corrected chi connectivity index (χ2v) is 11.1. The van der Waals surface area contributed by atoms with Gasteiger partial charge in [0.1, 0.15) is 23.2 Å². The van der Waals surface area contributed by atoms with Gasteiger partial charge in [-0.1, -0.05) is 36.4 Å². The van der Waals surface area contributed by atoms with Gasteiger partial charge in [0.25, 0.3) is 10.9 Å². The Labute approximate surface area is 247 Å². The largest absolute Gasteiger partial charge is 0.480 e. The van der Waals surface area contributed by atoms with Crippen molar-refractivity contribution < 1.29 is 14.3 Å². The fourth-order valence-corrected chi connectivity index (χ4v) is 5.81. The molecule has 0 saturated carbocycles. The van der Waals surface area contributed by atoms with E-state index in [-0.39, 0.29) is 24.0 Å². The number of pyridine rings is 1. The number of nitrogens with one attached hydrogen (secondary N) is 2. The maximum atomic E-state index is 13.6. The molecule has 1 aliphatic rings. The second kappa shape index (κ2) is 11.7. The molecule has 3 N–H and O–H groups in total. The topological polar surface area (TPSA) is 112 Å². The molecule has 8 nitrogen and oxygen atoms in total. The number of rotatable bonds is 9. The highest BCUT2D eigenvalue weighted by molar-refractivity contribution is 6.01. The predicted octanol–water partition coefficient (Wildman–Crippen LogP) is 5.87. The van der Waals surface area contributed by atoms with Crippen molar-refractivity contribution >= 4 is 39.5 Å². The predicted molar refractivity (Wildman–Crippen MR) is 168 cm³/mol. The molecule has 5 aromatic rings. The molecule has 2 atom stereocenters. The summed E-state index contributed by atoms with van der Waals surface area (Å²) in [6.07, 6.45) is 4.80. The third kappa shape index (κ3) is 5.58. The Morgan fingerprint density at radius 2 is 1.74 bits per heavy atom. The van der Waals surface area contributed by atoms with E-state index in [9.17, 15) is 23.9 Å². The molecule has 2 heterocycles. The standard InChI is InChI=1S/C34H31FN4O4/c1-20-6-4-5-17-39(20)31-30(32(40)33(31)41)38-27(34(42)43)18-21-9-15-25(16-10-21)37-29-26-8-3-2-7-23(26)19-36-28(29)22-11-13-24(35)14-12-22/h2-3,7-16,19-20,27,37-38H,4-6,17-18H2,1H3,(H,42,43)/t20-,27?/m0/s1. The zero-order valence-electron chi connectivity index (χ0n) is 23.6. The summed E-state index contributed by atoms with van der Waals surface area (Å²) in [6, 6.07) is 20.4. The number of nitrogens with zero attached hydrogens (tertiary/aromatic N) is 2. The van der Waals surface area contributed by atoms with Crippen LogP contribution in [0.25, 0.3) is 22.0 Å². The zero-order chi connectivity index (χ0) is 30.1. The van der Waals surface area contributed by atoms with Gasteiger partial charge in [0.15, 0.2) is 0 Å². The molecule has 43 heavy (non-hydrogen) atoms. The Morgan fingerprint density at radius 3 is 2.47 bits per heavy atom. The van der Waals surface area contributed by atoms with Crippen molar-refractivity contribution in [1.82, 2.24) is 4.98 Å². The average molecular weight is 579 g/mol. The molecular formula is C34H31FN4O4. The summed E-state index contributed by atoms with van der Waals surface area (Å²) in [5.74, 6) is -1.44. The quantitative estimate of drug-likeness (QED) is 0.186. The number of aromatic nitrogens is 1. The molecule has 0 radical (unpaired) electrons. The number of fused-ring (bicyclic) bond motifs is 1. The third-order valence-electron chi connectivity index (χ3n) is 8.17. The number of halogens is 1. The minimum atomic E-state index is -1.11. The lowest BCUT2D eigenvalue weighted by Gasteiger charge is -2.37. The molecule has 0 spiro atoms. The lowest BCUT2D eigenvalue weighted by atomic mass is 9.99. The minimum Gasteiger partial charge on any atom is -0.480 e. The monoisotopic (exact) mass is 578 g/mol. The maximum absolute atomic E-state index is 13.6. The molecule has 1 unspecified atom stereocenters. The molecule has 1 saturated heterocycles. The van der Waals surface area contributed by atoms with E-state index in [0.29, 0.717) is 17.9 Å². The van der Waals surface area contributed by atoms with Gasteiger partial charge in [-0.25, -0.2) is 9.18 Å². The number of carboxylic acids is 1. The van der Waals surface area contributed by atoms with Gasteiger partial charge in [-0.05, 0) is 68.1 Å². The van der Waals surface area contributed by atoms with Crippen LogP contribution in [0.3, 0.4) is 0 Å². The maximum Gasteiger partial charge on any atom is 0.326 e. The number of carboxylic acid groups (broad SMARTS) is 1. The molecule has 6 rings (SSSR count). The van der Waals surface area contributed by atoms with Crippen molar-refractivity contribution in [2.75, 3.05) is 22.1 Å². The highest BCUT2D eigenvalue weighted by atomic mass is 19.1. The Kier molecular flexibility index (Phi) is 7.63. The molecule has 0 amide bonds. The van der Waals surface area contributed by atoms with Crippen molar-refractivity contribution in [3.8, 4) is 11.3 Å². The smallest absolute Gasteiger partial charge is 0.326 e. The van der Waals surface area contributed by atoms with Gasteiger partial charge in [-0.15, -0.1) is 0 Å². The van der Waals surface area contributed by atoms with Crippen LogP contribution in [0.2, 0.25) is 0 Å². The Hall–Kier alpha value is -5.05. The average Bonchev–Trinajstić information content (AvgIpc) is 3.02. The Bertz CT molecular complexity index is 1860. The Morgan fingerprint density at radius 1 is 1.00 bits per heavy atom. The van der Waals surface area contributed by atoms with Crippen LogP contribution in [0.1, 0.15) is 31.7 Å². The first kappa shape index (κ1) is 28.1. The fourth-order valence-electron chi connectivity index (χ4n) is 5.81. The van der Waals surface area contributed by atoms with E-state index in [0.717, 1.165) is 52.5 Å². The first-order valence-corrected chi connectivity index (χ1v) is 14.4. The van der Waals surface area contributed by atoms with Crippen LogP contribution in [-0.2, 0) is 11.2 Å². The van der Waals surface area contributed by atoms with E-state index >= 15 is 0 Å². The summed E-state index contributed by atoms with van der Waals surface area (Å²) in [6.45, 7) is 2.68. The van der Waals surface area contributed by atoms with E-state index in [2.05, 4.69) is 15.6 Å². The highest BCUT2D eigenvalue weighted by Crippen LogP contribution is 2.35. The highest BCUT2D eigenvalue weighted by Gasteiger charge is 2.32. The fraction of sp³-hybridized carbons (Fsp3) is 0.235. The number of carbonyl (C=O) groups is 1. The molecule has 0 aliphatic carbocycles. The van der Waals surface area contributed by atoms with E-state index in [1.165, 1.54) is 12.1 Å². The van der Waals surface area contributed by atoms with Crippen LogP contribution in [-0.4, -0.2) is 34.7 Å². The first-order valence-electron chi connectivity index (χ1n) is 14.4. The lowest BCUT2D eigenvalue weighted by molar-refractivity contribution is -0.137. The van der Waals surface area contributed by atoms with Gasteiger partial charge in [0.2, 0.25) is 0 Å². The summed E-state index contributed by atoms with van der Waals surface area (Å²) in [7, 11) is 0. The van der Waals surface area contributed by atoms with Crippen LogP contribution in [0, 0.1) is 5.82 Å². The number of anilines is 4. The van der Waals surface area contributed by atoms with Crippen molar-refractivity contribution in [2.24, 2.45) is 0 Å². The number of hydrogen-bond acceptors (Lipinski definition) is 7. The van der Waals surface area contributed by atoms with Gasteiger partial charge in [-0.2, -0.15) is 0 Å². The van der Waals surface area contributed by atoms with Crippen LogP contribution >= 0.6 is 0 Å². The van der Waals surface area contributed by atoms with E-state index in [1.807, 2.05) is 60.4 Å². The summed E-state index contributed by atoms with van der Waals surface area (Å²) in [5.41, 5.74) is 2.88. The van der Waals surface area contributed by atoms with Crippen LogP contribution in [0.4, 0.5) is 27.1 Å². The van der Waals surface area contributed by atoms with E-state index in [4.69, 9.17) is 0 Å². The summed E-state index contributed by atoms with van der Waals surface area (Å²) < 4.78 is 13.6. The zero-order valence-corrected chi connectivity index (χ0v) is 23.6. The van der Waals surface area contributed by atoms with Gasteiger partial charge in [-0.3, -0.25) is 14.6 Å². The molecule has 1 fully saturated rings. The molecule has 4 aromatic carbocycles. The molecule has 1 aromatic heterocycles. The molecule has 1 aliphatic heterocycles. The normalized spacial score (nSPS) is 15.9. The number of benzene rings is 3. The van der Waals surface area contributed by atoms with Crippen molar-refractivity contribution in [3.63, 3.8) is 0 Å². The molecular weight excluding hydrogens is 547 g/mol. The first-order chi connectivity index (χ1) is 20.8. The lowest BCUT2D eigenvalue weighted by Crippen LogP contribution is -2.49. The van der Waals surface area contributed by atoms with Gasteiger partial charge < -0.3 is 20.6 Å². The number of hydrogen-bond donors (Lipinski definition) is 3. The van der Waals surface area contributed by atoms with Gasteiger partial charge >= 0.3 is 5.97 Å². The van der Waals surface area contributed by atoms with Crippen molar-refractivity contribution in [2.45, 2.75) is 44.7 Å². The summed E-state index contributed by atoms with van der Waals surface area (Å²) in [5, 5.41) is 18.2. The molecule has 0 bridgehead atoms. The molecule has 218 valence electrons. The van der Waals surface area contributed by atoms with Gasteiger partial charge in [0.05, 0.1) is 11.4 Å². The minimum absolute atomic E-state index is 0.0983. The van der Waals surface area contributed by atoms with Crippen molar-refractivity contribution in [1.29, 1.82) is 0 Å². The number of piperidine rings is 1. The van der Waals surface area contributed by atoms with Crippen LogP contribution in [0.5, 0.6) is 0 Å².